The molecule has 0 saturated heterocycles. The number of rotatable bonds is 3. The van der Waals surface area contributed by atoms with Gasteiger partial charge < -0.3 is 5.32 Å². The van der Waals surface area contributed by atoms with Crippen molar-refractivity contribution < 1.29 is 4.79 Å². The van der Waals surface area contributed by atoms with Gasteiger partial charge in [-0.1, -0.05) is 17.7 Å². The second-order valence-corrected chi connectivity index (χ2v) is 6.12. The molecular weight excluding hydrogens is 334 g/mol. The van der Waals surface area contributed by atoms with Crippen molar-refractivity contribution in [2.24, 2.45) is 0 Å². The third-order valence-electron chi connectivity index (χ3n) is 2.47. The Hall–Kier alpha value is -0.840. The Balaban J connectivity index is 2.06. The number of thiophene rings is 1. The van der Waals surface area contributed by atoms with E-state index in [1.807, 2.05) is 24.4 Å². The summed E-state index contributed by atoms with van der Waals surface area (Å²) in [5, 5.41) is 5.32. The molecule has 5 heteroatoms. The average molecular weight is 345 g/mol. The normalized spacial score (nSPS) is 10.4. The molecule has 0 aliphatic heterocycles. The molecular formula is C13H11BrClNOS. The van der Waals surface area contributed by atoms with Crippen molar-refractivity contribution in [1.29, 1.82) is 0 Å². The molecule has 2 nitrogen and oxygen atoms in total. The van der Waals surface area contributed by atoms with E-state index in [9.17, 15) is 4.79 Å². The summed E-state index contributed by atoms with van der Waals surface area (Å²) in [7, 11) is 0. The van der Waals surface area contributed by atoms with Crippen LogP contribution in [-0.4, -0.2) is 5.91 Å². The molecule has 0 atom stereocenters. The van der Waals surface area contributed by atoms with Crippen LogP contribution in [0.5, 0.6) is 0 Å². The molecule has 2 rings (SSSR count). The summed E-state index contributed by atoms with van der Waals surface area (Å²) in [5.74, 6) is -0.152. The van der Waals surface area contributed by atoms with Crippen LogP contribution in [0.4, 0.5) is 0 Å². The lowest BCUT2D eigenvalue weighted by molar-refractivity contribution is 0.0951. The molecule has 0 unspecified atom stereocenters. The Kier molecular flexibility index (Phi) is 4.43. The first-order valence-corrected chi connectivity index (χ1v) is 7.39. The first-order valence-electron chi connectivity index (χ1n) is 5.34. The van der Waals surface area contributed by atoms with Crippen molar-refractivity contribution in [1.82, 2.24) is 5.32 Å². The second-order valence-electron chi connectivity index (χ2n) is 3.86. The summed E-state index contributed by atoms with van der Waals surface area (Å²) in [6.45, 7) is 2.44. The summed E-state index contributed by atoms with van der Waals surface area (Å²) < 4.78 is 1.02. The van der Waals surface area contributed by atoms with Crippen LogP contribution >= 0.6 is 38.9 Å². The lowest BCUT2D eigenvalue weighted by atomic mass is 10.1. The van der Waals surface area contributed by atoms with Crippen molar-refractivity contribution >= 4 is 44.8 Å². The minimum Gasteiger partial charge on any atom is -0.347 e. The van der Waals surface area contributed by atoms with Crippen LogP contribution < -0.4 is 5.32 Å². The zero-order valence-corrected chi connectivity index (χ0v) is 12.8. The zero-order valence-electron chi connectivity index (χ0n) is 9.67. The first-order chi connectivity index (χ1) is 8.58. The van der Waals surface area contributed by atoms with Crippen LogP contribution in [0, 0.1) is 6.92 Å². The van der Waals surface area contributed by atoms with Crippen LogP contribution in [0.3, 0.4) is 0 Å². The standard InChI is InChI=1S/C13H11BrClNOS/c1-8-2-3-9(11(15)6-8)13(17)16-7-12-10(14)4-5-18-12/h2-6H,7H2,1H3,(H,16,17). The van der Waals surface area contributed by atoms with Gasteiger partial charge in [-0.3, -0.25) is 4.79 Å². The Morgan fingerprint density at radius 2 is 2.22 bits per heavy atom. The van der Waals surface area contributed by atoms with Crippen LogP contribution in [-0.2, 0) is 6.54 Å². The van der Waals surface area contributed by atoms with E-state index < -0.39 is 0 Å². The zero-order chi connectivity index (χ0) is 13.1. The van der Waals surface area contributed by atoms with Gasteiger partial charge in [0.15, 0.2) is 0 Å². The van der Waals surface area contributed by atoms with Gasteiger partial charge in [0.2, 0.25) is 0 Å². The molecule has 0 spiro atoms. The summed E-state index contributed by atoms with van der Waals surface area (Å²) in [6, 6.07) is 7.38. The summed E-state index contributed by atoms with van der Waals surface area (Å²) >= 11 is 11.1. The molecule has 1 aromatic heterocycles. The van der Waals surface area contributed by atoms with E-state index in [4.69, 9.17) is 11.6 Å². The topological polar surface area (TPSA) is 29.1 Å². The molecule has 18 heavy (non-hydrogen) atoms. The molecule has 0 saturated carbocycles. The molecule has 0 fully saturated rings. The molecule has 0 radical (unpaired) electrons. The van der Waals surface area contributed by atoms with Crippen molar-refractivity contribution in [3.63, 3.8) is 0 Å². The Bertz CT molecular complexity index is 582. The highest BCUT2D eigenvalue weighted by atomic mass is 79.9. The summed E-state index contributed by atoms with van der Waals surface area (Å²) in [4.78, 5) is 13.1. The number of halogens is 2. The Morgan fingerprint density at radius 1 is 1.44 bits per heavy atom. The number of carbonyl (C=O) groups excluding carboxylic acids is 1. The maximum atomic E-state index is 12.0. The van der Waals surface area contributed by atoms with E-state index in [-0.39, 0.29) is 5.91 Å². The predicted molar refractivity (Wildman–Crippen MR) is 79.4 cm³/mol. The predicted octanol–water partition coefficient (Wildman–Crippen LogP) is 4.40. The molecule has 0 bridgehead atoms. The van der Waals surface area contributed by atoms with Gasteiger partial charge in [-0.05, 0) is 52.0 Å². The molecule has 1 aromatic carbocycles. The maximum Gasteiger partial charge on any atom is 0.253 e. The highest BCUT2D eigenvalue weighted by molar-refractivity contribution is 9.10. The highest BCUT2D eigenvalue weighted by Crippen LogP contribution is 2.23. The monoisotopic (exact) mass is 343 g/mol. The first kappa shape index (κ1) is 13.6. The molecule has 1 heterocycles. The SMILES string of the molecule is Cc1ccc(C(=O)NCc2sccc2Br)c(Cl)c1. The van der Waals surface area contributed by atoms with Gasteiger partial charge in [0.1, 0.15) is 0 Å². The van der Waals surface area contributed by atoms with Crippen LogP contribution in [0.2, 0.25) is 5.02 Å². The summed E-state index contributed by atoms with van der Waals surface area (Å²) in [5.41, 5.74) is 1.55. The number of hydrogen-bond donors (Lipinski definition) is 1. The van der Waals surface area contributed by atoms with E-state index >= 15 is 0 Å². The third kappa shape index (κ3) is 3.13. The van der Waals surface area contributed by atoms with Gasteiger partial charge in [0, 0.05) is 9.35 Å². The number of amides is 1. The Morgan fingerprint density at radius 3 is 2.83 bits per heavy atom. The number of aryl methyl sites for hydroxylation is 1. The number of hydrogen-bond acceptors (Lipinski definition) is 2. The van der Waals surface area contributed by atoms with E-state index in [1.54, 1.807) is 23.5 Å². The minimum absolute atomic E-state index is 0.152. The molecule has 2 aromatic rings. The van der Waals surface area contributed by atoms with E-state index in [0.29, 0.717) is 17.1 Å². The van der Waals surface area contributed by atoms with Crippen molar-refractivity contribution in [2.75, 3.05) is 0 Å². The number of carbonyl (C=O) groups is 1. The molecule has 0 aliphatic rings. The second kappa shape index (κ2) is 5.87. The fraction of sp³-hybridized carbons (Fsp3) is 0.154. The van der Waals surface area contributed by atoms with Crippen molar-refractivity contribution in [3.8, 4) is 0 Å². The van der Waals surface area contributed by atoms with E-state index in [0.717, 1.165) is 14.9 Å². The fourth-order valence-electron chi connectivity index (χ4n) is 1.51. The van der Waals surface area contributed by atoms with Gasteiger partial charge in [0.05, 0.1) is 17.1 Å². The average Bonchev–Trinajstić information content (AvgIpc) is 2.72. The largest absolute Gasteiger partial charge is 0.347 e. The molecule has 0 aliphatic carbocycles. The molecule has 1 N–H and O–H groups in total. The number of benzene rings is 1. The lowest BCUT2D eigenvalue weighted by Crippen LogP contribution is -2.22. The van der Waals surface area contributed by atoms with Crippen LogP contribution in [0.1, 0.15) is 20.8 Å². The fourth-order valence-corrected chi connectivity index (χ4v) is 3.26. The van der Waals surface area contributed by atoms with Crippen LogP contribution in [0.25, 0.3) is 0 Å². The van der Waals surface area contributed by atoms with Crippen LogP contribution in [0.15, 0.2) is 34.1 Å². The minimum atomic E-state index is -0.152. The maximum absolute atomic E-state index is 12.0. The molecule has 1 amide bonds. The van der Waals surface area contributed by atoms with Gasteiger partial charge in [0.25, 0.3) is 5.91 Å². The van der Waals surface area contributed by atoms with Gasteiger partial charge >= 0.3 is 0 Å². The summed E-state index contributed by atoms with van der Waals surface area (Å²) in [6.07, 6.45) is 0. The van der Waals surface area contributed by atoms with Gasteiger partial charge in [-0.25, -0.2) is 0 Å². The smallest absolute Gasteiger partial charge is 0.253 e. The highest BCUT2D eigenvalue weighted by Gasteiger charge is 2.10. The van der Waals surface area contributed by atoms with E-state index in [2.05, 4.69) is 21.2 Å². The Labute approximate surface area is 123 Å². The quantitative estimate of drug-likeness (QED) is 0.878. The lowest BCUT2D eigenvalue weighted by Gasteiger charge is -2.06. The number of nitrogens with one attached hydrogen (secondary N) is 1. The van der Waals surface area contributed by atoms with E-state index in [1.165, 1.54) is 0 Å². The van der Waals surface area contributed by atoms with Crippen molar-refractivity contribution in [2.45, 2.75) is 13.5 Å². The van der Waals surface area contributed by atoms with Gasteiger partial charge in [-0.15, -0.1) is 11.3 Å². The molecule has 94 valence electrons. The van der Waals surface area contributed by atoms with Gasteiger partial charge in [-0.2, -0.15) is 0 Å². The third-order valence-corrected chi connectivity index (χ3v) is 4.71. The van der Waals surface area contributed by atoms with Crippen molar-refractivity contribution in [3.05, 3.63) is 55.1 Å².